The molecule has 1 atom stereocenters. The maximum atomic E-state index is 12.7. The van der Waals surface area contributed by atoms with Crippen LogP contribution in [0.3, 0.4) is 0 Å². The zero-order chi connectivity index (χ0) is 22.5. The number of benzene rings is 2. The topological polar surface area (TPSA) is 55.8 Å². The summed E-state index contributed by atoms with van der Waals surface area (Å²) in [5.41, 5.74) is 1.66. The number of thiocarbonyl (C=S) groups is 1. The Morgan fingerprint density at radius 3 is 2.59 bits per heavy atom. The molecule has 0 unspecified atom stereocenters. The van der Waals surface area contributed by atoms with Gasteiger partial charge in [-0.25, -0.2) is 4.79 Å². The van der Waals surface area contributed by atoms with Gasteiger partial charge in [0.25, 0.3) is 5.91 Å². The minimum Gasteiger partial charge on any atom is -0.423 e. The first-order valence-electron chi connectivity index (χ1n) is 10.1. The Hall–Kier alpha value is -2.45. The number of carbonyl (C=O) groups excluding carboxylic acids is 2. The van der Waals surface area contributed by atoms with E-state index in [0.29, 0.717) is 26.5 Å². The van der Waals surface area contributed by atoms with E-state index < -0.39 is 5.97 Å². The predicted molar refractivity (Wildman–Crippen MR) is 131 cm³/mol. The van der Waals surface area contributed by atoms with Crippen LogP contribution in [0.25, 0.3) is 12.2 Å². The van der Waals surface area contributed by atoms with Crippen molar-refractivity contribution in [2.45, 2.75) is 18.9 Å². The first kappa shape index (κ1) is 22.7. The van der Waals surface area contributed by atoms with E-state index >= 15 is 0 Å². The van der Waals surface area contributed by atoms with E-state index in [0.717, 1.165) is 30.6 Å². The van der Waals surface area contributed by atoms with Gasteiger partial charge >= 0.3 is 5.97 Å². The van der Waals surface area contributed by atoms with Crippen molar-refractivity contribution in [2.75, 3.05) is 13.2 Å². The molecule has 2 saturated heterocycles. The Morgan fingerprint density at radius 1 is 1.19 bits per heavy atom. The van der Waals surface area contributed by atoms with E-state index in [2.05, 4.69) is 0 Å². The van der Waals surface area contributed by atoms with Crippen LogP contribution < -0.4 is 4.74 Å². The van der Waals surface area contributed by atoms with Gasteiger partial charge in [0.05, 0.1) is 17.6 Å². The Balaban J connectivity index is 1.35. The molecule has 8 heteroatoms. The first-order chi connectivity index (χ1) is 15.5. The highest BCUT2D eigenvalue weighted by Crippen LogP contribution is 2.33. The lowest BCUT2D eigenvalue weighted by atomic mass is 10.2. The third kappa shape index (κ3) is 5.86. The van der Waals surface area contributed by atoms with E-state index in [1.807, 2.05) is 12.1 Å². The standard InChI is InChI=1S/C24H20ClNO4S2/c25-18-8-3-16(4-9-18)7-12-22(27)30-19-10-5-17(6-11-19)14-21-23(28)26(24(31)32-21)15-20-2-1-13-29-20/h3-12,14,20H,1-2,13,15H2/b12-7+,21-14-/t20-/m0/s1. The molecule has 0 aromatic heterocycles. The van der Waals surface area contributed by atoms with E-state index in [9.17, 15) is 9.59 Å². The summed E-state index contributed by atoms with van der Waals surface area (Å²) < 4.78 is 11.5. The smallest absolute Gasteiger partial charge is 0.336 e. The Labute approximate surface area is 201 Å². The van der Waals surface area contributed by atoms with Gasteiger partial charge in [-0.15, -0.1) is 0 Å². The van der Waals surface area contributed by atoms with E-state index in [4.69, 9.17) is 33.3 Å². The molecule has 2 aromatic rings. The molecular weight excluding hydrogens is 466 g/mol. The van der Waals surface area contributed by atoms with Gasteiger partial charge in [-0.3, -0.25) is 9.69 Å². The molecule has 2 aromatic carbocycles. The molecule has 5 nitrogen and oxygen atoms in total. The highest BCUT2D eigenvalue weighted by Gasteiger charge is 2.34. The van der Waals surface area contributed by atoms with Crippen molar-refractivity contribution < 1.29 is 19.1 Å². The largest absolute Gasteiger partial charge is 0.423 e. The Morgan fingerprint density at radius 2 is 1.91 bits per heavy atom. The predicted octanol–water partition coefficient (Wildman–Crippen LogP) is 5.34. The fourth-order valence-electron chi connectivity index (χ4n) is 3.32. The number of amides is 1. The molecule has 2 heterocycles. The van der Waals surface area contributed by atoms with E-state index in [1.165, 1.54) is 17.8 Å². The number of nitrogens with zero attached hydrogens (tertiary/aromatic N) is 1. The molecule has 0 bridgehead atoms. The molecule has 4 rings (SSSR count). The molecular formula is C24H20ClNO4S2. The van der Waals surface area contributed by atoms with Crippen molar-refractivity contribution in [3.05, 3.63) is 75.7 Å². The number of esters is 1. The fraction of sp³-hybridized carbons (Fsp3) is 0.208. The van der Waals surface area contributed by atoms with Crippen molar-refractivity contribution in [3.8, 4) is 5.75 Å². The molecule has 0 aliphatic carbocycles. The molecule has 0 spiro atoms. The Kier molecular flexibility index (Phi) is 7.42. The number of halogens is 1. The van der Waals surface area contributed by atoms with Crippen molar-refractivity contribution in [1.29, 1.82) is 0 Å². The van der Waals surface area contributed by atoms with Gasteiger partial charge in [-0.05, 0) is 60.4 Å². The van der Waals surface area contributed by atoms with Crippen LogP contribution in [0.15, 0.2) is 59.5 Å². The lowest BCUT2D eigenvalue weighted by molar-refractivity contribution is -0.129. The van der Waals surface area contributed by atoms with Crippen molar-refractivity contribution in [2.24, 2.45) is 0 Å². The number of ether oxygens (including phenoxy) is 2. The number of hydrogen-bond acceptors (Lipinski definition) is 6. The maximum absolute atomic E-state index is 12.7. The number of thioether (sulfide) groups is 1. The Bertz CT molecular complexity index is 1070. The monoisotopic (exact) mass is 485 g/mol. The van der Waals surface area contributed by atoms with Crippen LogP contribution in [-0.4, -0.2) is 40.4 Å². The highest BCUT2D eigenvalue weighted by atomic mass is 35.5. The second kappa shape index (κ2) is 10.4. The molecule has 1 amide bonds. The van der Waals surface area contributed by atoms with Gasteiger partial charge in [0.2, 0.25) is 0 Å². The molecule has 0 N–H and O–H groups in total. The van der Waals surface area contributed by atoms with Gasteiger partial charge in [0, 0.05) is 17.7 Å². The summed E-state index contributed by atoms with van der Waals surface area (Å²) in [6, 6.07) is 14.1. The van der Waals surface area contributed by atoms with Crippen LogP contribution in [0.2, 0.25) is 5.02 Å². The second-order valence-corrected chi connectivity index (χ2v) is 9.41. The molecule has 2 fully saturated rings. The summed E-state index contributed by atoms with van der Waals surface area (Å²) in [5, 5.41) is 0.634. The first-order valence-corrected chi connectivity index (χ1v) is 11.7. The van der Waals surface area contributed by atoms with Crippen LogP contribution >= 0.6 is 35.6 Å². The van der Waals surface area contributed by atoms with Crippen LogP contribution in [0.1, 0.15) is 24.0 Å². The second-order valence-electron chi connectivity index (χ2n) is 7.30. The van der Waals surface area contributed by atoms with E-state index in [-0.39, 0.29) is 12.0 Å². The van der Waals surface area contributed by atoms with Gasteiger partial charge < -0.3 is 9.47 Å². The quantitative estimate of drug-likeness (QED) is 0.238. The average Bonchev–Trinajstić information content (AvgIpc) is 3.39. The summed E-state index contributed by atoms with van der Waals surface area (Å²) in [6.45, 7) is 1.24. The lowest BCUT2D eigenvalue weighted by Crippen LogP contribution is -2.35. The zero-order valence-corrected chi connectivity index (χ0v) is 19.4. The number of rotatable bonds is 6. The van der Waals surface area contributed by atoms with Gasteiger partial charge in [0.15, 0.2) is 0 Å². The summed E-state index contributed by atoms with van der Waals surface area (Å²) in [6.07, 6.45) is 6.83. The average molecular weight is 486 g/mol. The highest BCUT2D eigenvalue weighted by molar-refractivity contribution is 8.26. The molecule has 0 radical (unpaired) electrons. The summed E-state index contributed by atoms with van der Waals surface area (Å²) in [7, 11) is 0. The van der Waals surface area contributed by atoms with E-state index in [1.54, 1.807) is 53.5 Å². The maximum Gasteiger partial charge on any atom is 0.336 e. The summed E-state index contributed by atoms with van der Waals surface area (Å²) in [4.78, 5) is 27.0. The lowest BCUT2D eigenvalue weighted by Gasteiger charge is -2.18. The SMILES string of the molecule is O=C(/C=C/c1ccc(Cl)cc1)Oc1ccc(/C=C2\SC(=S)N(C[C@@H]3CCCO3)C2=O)cc1. The number of hydrogen-bond donors (Lipinski definition) is 0. The van der Waals surface area contributed by atoms with Crippen molar-refractivity contribution in [3.63, 3.8) is 0 Å². The third-order valence-electron chi connectivity index (χ3n) is 4.96. The minimum absolute atomic E-state index is 0.0551. The molecule has 164 valence electrons. The summed E-state index contributed by atoms with van der Waals surface area (Å²) in [5.74, 6) is -0.167. The van der Waals surface area contributed by atoms with Crippen LogP contribution in [0, 0.1) is 0 Å². The normalized spacial score (nSPS) is 20.0. The number of carbonyl (C=O) groups is 2. The molecule has 0 saturated carbocycles. The third-order valence-corrected chi connectivity index (χ3v) is 6.59. The zero-order valence-electron chi connectivity index (χ0n) is 17.0. The van der Waals surface area contributed by atoms with Crippen molar-refractivity contribution in [1.82, 2.24) is 4.90 Å². The molecule has 2 aliphatic heterocycles. The minimum atomic E-state index is -0.484. The molecule has 2 aliphatic rings. The van der Waals surface area contributed by atoms with Gasteiger partial charge in [-0.2, -0.15) is 0 Å². The van der Waals surface area contributed by atoms with Crippen molar-refractivity contribution >= 4 is 63.9 Å². The molecule has 32 heavy (non-hydrogen) atoms. The fourth-order valence-corrected chi connectivity index (χ4v) is 4.72. The van der Waals surface area contributed by atoms with Crippen LogP contribution in [-0.2, 0) is 14.3 Å². The summed E-state index contributed by atoms with van der Waals surface area (Å²) >= 11 is 12.5. The van der Waals surface area contributed by atoms with Crippen LogP contribution in [0.5, 0.6) is 5.75 Å². The van der Waals surface area contributed by atoms with Gasteiger partial charge in [-0.1, -0.05) is 59.8 Å². The van der Waals surface area contributed by atoms with Crippen LogP contribution in [0.4, 0.5) is 0 Å². The van der Waals surface area contributed by atoms with Gasteiger partial charge in [0.1, 0.15) is 10.1 Å².